The van der Waals surface area contributed by atoms with Crippen LogP contribution in [0.2, 0.25) is 0 Å². The summed E-state index contributed by atoms with van der Waals surface area (Å²) >= 11 is 0. The van der Waals surface area contributed by atoms with E-state index in [0.29, 0.717) is 0 Å². The Morgan fingerprint density at radius 2 is 2.00 bits per heavy atom. The topological polar surface area (TPSA) is 41.5 Å². The Morgan fingerprint density at radius 3 is 2.70 bits per heavy atom. The van der Waals surface area contributed by atoms with Gasteiger partial charge in [-0.25, -0.2) is 0 Å². The van der Waals surface area contributed by atoms with Crippen LogP contribution in [0.15, 0.2) is 48.5 Å². The minimum atomic E-state index is 0.271. The molecule has 3 nitrogen and oxygen atoms in total. The maximum atomic E-state index is 9.54. The summed E-state index contributed by atoms with van der Waals surface area (Å²) in [5.41, 5.74) is 3.21. The second kappa shape index (κ2) is 6.78. The van der Waals surface area contributed by atoms with Crippen LogP contribution in [0, 0.1) is 0 Å². The Bertz CT molecular complexity index is 605. The summed E-state index contributed by atoms with van der Waals surface area (Å²) in [4.78, 5) is 0. The third-order valence-corrected chi connectivity index (χ3v) is 3.02. The van der Waals surface area contributed by atoms with Gasteiger partial charge >= 0.3 is 0 Å². The van der Waals surface area contributed by atoms with Crippen molar-refractivity contribution in [3.05, 3.63) is 59.7 Å². The number of rotatable bonds is 5. The maximum Gasteiger partial charge on any atom is 0.119 e. The van der Waals surface area contributed by atoms with Crippen molar-refractivity contribution < 1.29 is 9.84 Å². The van der Waals surface area contributed by atoms with Crippen LogP contribution in [0.3, 0.4) is 0 Å². The van der Waals surface area contributed by atoms with Crippen LogP contribution in [0.25, 0.3) is 11.6 Å². The predicted octanol–water partition coefficient (Wildman–Crippen LogP) is 3.16. The fraction of sp³-hybridized carbons (Fsp3) is 0.176. The van der Waals surface area contributed by atoms with Gasteiger partial charge in [-0.2, -0.15) is 0 Å². The smallest absolute Gasteiger partial charge is 0.119 e. The Labute approximate surface area is 119 Å². The minimum Gasteiger partial charge on any atom is -0.508 e. The number of nitrogens with one attached hydrogen (secondary N) is 1. The molecular weight excluding hydrogens is 250 g/mol. The van der Waals surface area contributed by atoms with Gasteiger partial charge in [0, 0.05) is 6.54 Å². The van der Waals surface area contributed by atoms with Gasteiger partial charge in [0.1, 0.15) is 11.5 Å². The fourth-order valence-corrected chi connectivity index (χ4v) is 2.07. The van der Waals surface area contributed by atoms with Gasteiger partial charge < -0.3 is 15.2 Å². The third-order valence-electron chi connectivity index (χ3n) is 3.02. The molecule has 0 heterocycles. The van der Waals surface area contributed by atoms with Gasteiger partial charge in [0.05, 0.1) is 7.11 Å². The molecule has 0 aliphatic rings. The second-order valence-corrected chi connectivity index (χ2v) is 4.53. The molecule has 2 aromatic carbocycles. The summed E-state index contributed by atoms with van der Waals surface area (Å²) in [5, 5.41) is 12.7. The van der Waals surface area contributed by atoms with Crippen molar-refractivity contribution in [1.82, 2.24) is 5.32 Å². The molecule has 104 valence electrons. The van der Waals surface area contributed by atoms with E-state index in [2.05, 4.69) is 17.5 Å². The summed E-state index contributed by atoms with van der Waals surface area (Å²) in [5.74, 6) is 1.11. The van der Waals surface area contributed by atoms with Crippen LogP contribution in [-0.2, 0) is 0 Å². The largest absolute Gasteiger partial charge is 0.508 e. The van der Waals surface area contributed by atoms with Gasteiger partial charge in [0.15, 0.2) is 0 Å². The Kier molecular flexibility index (Phi) is 4.80. The normalized spacial score (nSPS) is 11.4. The fourth-order valence-electron chi connectivity index (χ4n) is 2.07. The van der Waals surface area contributed by atoms with Crippen LogP contribution in [-0.4, -0.2) is 25.8 Å². The highest BCUT2D eigenvalue weighted by Crippen LogP contribution is 2.23. The van der Waals surface area contributed by atoms with Crippen LogP contribution in [0.1, 0.15) is 11.1 Å². The van der Waals surface area contributed by atoms with Crippen molar-refractivity contribution in [2.45, 2.75) is 0 Å². The van der Waals surface area contributed by atoms with Gasteiger partial charge in [0.2, 0.25) is 0 Å². The number of aromatic hydroxyl groups is 1. The highest BCUT2D eigenvalue weighted by atomic mass is 16.5. The Morgan fingerprint density at radius 1 is 1.20 bits per heavy atom. The number of likely N-dealkylation sites (N-methyl/N-ethyl adjacent to an activating group) is 1. The SMILES string of the molecule is CNCC(=Cc1cccc(O)c1)c1cccc(OC)c1. The summed E-state index contributed by atoms with van der Waals surface area (Å²) < 4.78 is 5.26. The number of benzene rings is 2. The summed E-state index contributed by atoms with van der Waals surface area (Å²) in [7, 11) is 3.58. The van der Waals surface area contributed by atoms with E-state index in [1.165, 1.54) is 0 Å². The molecule has 20 heavy (non-hydrogen) atoms. The minimum absolute atomic E-state index is 0.271. The number of phenols is 1. The molecule has 0 spiro atoms. The van der Waals surface area contributed by atoms with Gasteiger partial charge in [-0.3, -0.25) is 0 Å². The molecule has 2 rings (SSSR count). The van der Waals surface area contributed by atoms with Crippen LogP contribution < -0.4 is 10.1 Å². The summed E-state index contributed by atoms with van der Waals surface area (Å²) in [6.45, 7) is 0.739. The second-order valence-electron chi connectivity index (χ2n) is 4.53. The van der Waals surface area contributed by atoms with E-state index in [4.69, 9.17) is 4.74 Å². The molecule has 0 bridgehead atoms. The number of hydrogen-bond donors (Lipinski definition) is 2. The Hall–Kier alpha value is -2.26. The lowest BCUT2D eigenvalue weighted by molar-refractivity contribution is 0.414. The van der Waals surface area contributed by atoms with Crippen molar-refractivity contribution in [3.8, 4) is 11.5 Å². The van der Waals surface area contributed by atoms with E-state index < -0.39 is 0 Å². The van der Waals surface area contributed by atoms with E-state index in [1.54, 1.807) is 19.2 Å². The average molecular weight is 269 g/mol. The molecular formula is C17H19NO2. The summed E-state index contributed by atoms with van der Waals surface area (Å²) in [6.07, 6.45) is 2.06. The van der Waals surface area contributed by atoms with E-state index >= 15 is 0 Å². The molecule has 3 heteroatoms. The number of methoxy groups -OCH3 is 1. The quantitative estimate of drug-likeness (QED) is 0.819. The molecule has 0 amide bonds. The number of ether oxygens (including phenoxy) is 1. The molecule has 0 aliphatic carbocycles. The third kappa shape index (κ3) is 3.62. The highest BCUT2D eigenvalue weighted by molar-refractivity contribution is 5.83. The van der Waals surface area contributed by atoms with Gasteiger partial charge in [-0.1, -0.05) is 24.3 Å². The van der Waals surface area contributed by atoms with Crippen LogP contribution in [0.5, 0.6) is 11.5 Å². The maximum absolute atomic E-state index is 9.54. The highest BCUT2D eigenvalue weighted by Gasteiger charge is 2.03. The average Bonchev–Trinajstić information content (AvgIpc) is 2.47. The van der Waals surface area contributed by atoms with Crippen LogP contribution in [0.4, 0.5) is 0 Å². The van der Waals surface area contributed by atoms with Crippen molar-refractivity contribution >= 4 is 11.6 Å². The van der Waals surface area contributed by atoms with Crippen molar-refractivity contribution in [2.24, 2.45) is 0 Å². The van der Waals surface area contributed by atoms with E-state index in [1.807, 2.05) is 37.4 Å². The summed E-state index contributed by atoms with van der Waals surface area (Å²) in [6, 6.07) is 15.2. The van der Waals surface area contributed by atoms with Gasteiger partial charge in [0.25, 0.3) is 0 Å². The van der Waals surface area contributed by atoms with Gasteiger partial charge in [-0.05, 0) is 54.1 Å². The zero-order valence-corrected chi connectivity index (χ0v) is 11.8. The molecule has 0 saturated carbocycles. The molecule has 0 fully saturated rings. The standard InChI is InChI=1S/C17H19NO2/c1-18-12-15(9-13-5-3-7-16(19)10-13)14-6-4-8-17(11-14)20-2/h3-11,18-19H,12H2,1-2H3. The lowest BCUT2D eigenvalue weighted by atomic mass is 10.0. The van der Waals surface area contributed by atoms with E-state index in [-0.39, 0.29) is 5.75 Å². The van der Waals surface area contributed by atoms with E-state index in [9.17, 15) is 5.11 Å². The van der Waals surface area contributed by atoms with Crippen molar-refractivity contribution in [2.75, 3.05) is 20.7 Å². The predicted molar refractivity (Wildman–Crippen MR) is 82.9 cm³/mol. The molecule has 2 N–H and O–H groups in total. The van der Waals surface area contributed by atoms with Crippen molar-refractivity contribution in [1.29, 1.82) is 0 Å². The van der Waals surface area contributed by atoms with Crippen LogP contribution >= 0.6 is 0 Å². The molecule has 0 atom stereocenters. The molecule has 0 unspecified atom stereocenters. The lowest BCUT2D eigenvalue weighted by Gasteiger charge is -2.09. The Balaban J connectivity index is 2.39. The molecule has 0 aliphatic heterocycles. The first-order valence-electron chi connectivity index (χ1n) is 6.51. The monoisotopic (exact) mass is 269 g/mol. The first-order chi connectivity index (χ1) is 9.72. The first kappa shape index (κ1) is 14.2. The molecule has 0 radical (unpaired) electrons. The van der Waals surface area contributed by atoms with E-state index in [0.717, 1.165) is 29.0 Å². The molecule has 2 aromatic rings. The molecule has 0 saturated heterocycles. The zero-order valence-electron chi connectivity index (χ0n) is 11.8. The number of phenolic OH excluding ortho intramolecular Hbond substituents is 1. The first-order valence-corrected chi connectivity index (χ1v) is 6.51. The zero-order chi connectivity index (χ0) is 14.4. The van der Waals surface area contributed by atoms with Crippen molar-refractivity contribution in [3.63, 3.8) is 0 Å². The lowest BCUT2D eigenvalue weighted by Crippen LogP contribution is -2.09. The molecule has 0 aromatic heterocycles. The van der Waals surface area contributed by atoms with Gasteiger partial charge in [-0.15, -0.1) is 0 Å². The number of hydrogen-bond acceptors (Lipinski definition) is 3.